The highest BCUT2D eigenvalue weighted by Gasteiger charge is 2.03. The minimum Gasteiger partial charge on any atom is -0.478 e. The number of aliphatic carboxylic acids is 1. The third-order valence-corrected chi connectivity index (χ3v) is 2.74. The Kier molecular flexibility index (Phi) is 4.27. The predicted octanol–water partition coefficient (Wildman–Crippen LogP) is 1.84. The largest absolute Gasteiger partial charge is 0.478 e. The first-order valence-corrected chi connectivity index (χ1v) is 6.18. The third-order valence-electron chi connectivity index (χ3n) is 2.74. The fraction of sp³-hybridized carbons (Fsp3) is 0.133. The topological polar surface area (TPSA) is 72.2 Å². The summed E-state index contributed by atoms with van der Waals surface area (Å²) in [5, 5.41) is 12.6. The highest BCUT2D eigenvalue weighted by molar-refractivity contribution is 5.85. The molecule has 0 aliphatic heterocycles. The van der Waals surface area contributed by atoms with Crippen LogP contribution in [0.25, 0.3) is 6.08 Å². The molecule has 2 aromatic rings. The molecule has 1 aromatic heterocycles. The van der Waals surface area contributed by atoms with E-state index in [1.54, 1.807) is 19.2 Å². The summed E-state index contributed by atoms with van der Waals surface area (Å²) in [6, 6.07) is 5.55. The Morgan fingerprint density at radius 2 is 2.14 bits per heavy atom. The molecule has 5 nitrogen and oxygen atoms in total. The number of carbonyl (C=O) groups is 1. The summed E-state index contributed by atoms with van der Waals surface area (Å²) in [6.07, 6.45) is 3.76. The minimum absolute atomic E-state index is 0.116. The van der Waals surface area contributed by atoms with Gasteiger partial charge in [-0.25, -0.2) is 13.9 Å². The van der Waals surface area contributed by atoms with Gasteiger partial charge in [-0.15, -0.1) is 0 Å². The molecule has 0 aliphatic rings. The van der Waals surface area contributed by atoms with Gasteiger partial charge in [0, 0.05) is 12.1 Å². The number of halogens is 1. The van der Waals surface area contributed by atoms with Crippen LogP contribution in [-0.4, -0.2) is 20.9 Å². The normalized spacial score (nSPS) is 11.0. The number of hydrogen-bond acceptors (Lipinski definition) is 3. The van der Waals surface area contributed by atoms with Gasteiger partial charge in [-0.2, -0.15) is 5.10 Å². The van der Waals surface area contributed by atoms with Gasteiger partial charge in [-0.1, -0.05) is 0 Å². The molecule has 0 spiro atoms. The van der Waals surface area contributed by atoms with Crippen molar-refractivity contribution >= 4 is 12.0 Å². The maximum absolute atomic E-state index is 13.5. The Labute approximate surface area is 120 Å². The lowest BCUT2D eigenvalue weighted by atomic mass is 10.1. The van der Waals surface area contributed by atoms with E-state index in [-0.39, 0.29) is 12.1 Å². The van der Waals surface area contributed by atoms with Crippen LogP contribution in [0.5, 0.6) is 0 Å². The Bertz CT molecular complexity index is 766. The van der Waals surface area contributed by atoms with E-state index in [1.165, 1.54) is 29.0 Å². The second-order valence-electron chi connectivity index (χ2n) is 4.59. The van der Waals surface area contributed by atoms with E-state index >= 15 is 0 Å². The molecule has 6 heteroatoms. The van der Waals surface area contributed by atoms with Gasteiger partial charge in [-0.3, -0.25) is 4.79 Å². The zero-order chi connectivity index (χ0) is 15.4. The molecule has 0 unspecified atom stereocenters. The fourth-order valence-electron chi connectivity index (χ4n) is 1.85. The predicted molar refractivity (Wildman–Crippen MR) is 75.4 cm³/mol. The summed E-state index contributed by atoms with van der Waals surface area (Å²) in [4.78, 5) is 22.2. The fourth-order valence-corrected chi connectivity index (χ4v) is 1.85. The van der Waals surface area contributed by atoms with Crippen molar-refractivity contribution in [2.45, 2.75) is 13.5 Å². The lowest BCUT2D eigenvalue weighted by Crippen LogP contribution is -2.22. The number of aryl methyl sites for hydroxylation is 1. The Balaban J connectivity index is 2.31. The van der Waals surface area contributed by atoms with Gasteiger partial charge in [0.15, 0.2) is 0 Å². The van der Waals surface area contributed by atoms with E-state index in [4.69, 9.17) is 5.11 Å². The number of nitrogens with zero attached hydrogens (tertiary/aromatic N) is 2. The van der Waals surface area contributed by atoms with Crippen molar-refractivity contribution in [1.82, 2.24) is 9.78 Å². The van der Waals surface area contributed by atoms with E-state index in [0.717, 1.165) is 11.6 Å². The first-order valence-electron chi connectivity index (χ1n) is 6.18. The third kappa shape index (κ3) is 4.10. The minimum atomic E-state index is -1.11. The van der Waals surface area contributed by atoms with Crippen LogP contribution in [0.3, 0.4) is 0 Å². The van der Waals surface area contributed by atoms with Crippen LogP contribution < -0.4 is 5.56 Å². The van der Waals surface area contributed by atoms with Crippen LogP contribution in [0.1, 0.15) is 16.7 Å². The van der Waals surface area contributed by atoms with E-state index in [9.17, 15) is 14.0 Å². The van der Waals surface area contributed by atoms with E-state index in [0.29, 0.717) is 11.1 Å². The molecule has 0 radical (unpaired) electrons. The van der Waals surface area contributed by atoms with Crippen molar-refractivity contribution in [3.8, 4) is 0 Å². The second kappa shape index (κ2) is 6.13. The zero-order valence-electron chi connectivity index (χ0n) is 11.3. The van der Waals surface area contributed by atoms with Gasteiger partial charge in [-0.05, 0) is 47.9 Å². The molecule has 21 heavy (non-hydrogen) atoms. The summed E-state index contributed by atoms with van der Waals surface area (Å²) >= 11 is 0. The highest BCUT2D eigenvalue weighted by Crippen LogP contribution is 2.11. The first kappa shape index (κ1) is 14.6. The molecule has 0 aliphatic carbocycles. The van der Waals surface area contributed by atoms with Gasteiger partial charge in [0.2, 0.25) is 0 Å². The van der Waals surface area contributed by atoms with Crippen molar-refractivity contribution in [2.75, 3.05) is 0 Å². The smallest absolute Gasteiger partial charge is 0.328 e. The quantitative estimate of drug-likeness (QED) is 0.871. The zero-order valence-corrected chi connectivity index (χ0v) is 11.3. The van der Waals surface area contributed by atoms with Crippen LogP contribution in [0, 0.1) is 12.7 Å². The second-order valence-corrected chi connectivity index (χ2v) is 4.59. The van der Waals surface area contributed by atoms with Crippen LogP contribution in [0.15, 0.2) is 41.3 Å². The van der Waals surface area contributed by atoms with Crippen LogP contribution >= 0.6 is 0 Å². The number of aromatic nitrogens is 2. The maximum atomic E-state index is 13.5. The molecule has 1 heterocycles. The number of benzene rings is 1. The Morgan fingerprint density at radius 3 is 2.81 bits per heavy atom. The van der Waals surface area contributed by atoms with E-state index in [2.05, 4.69) is 5.10 Å². The molecule has 1 N–H and O–H groups in total. The van der Waals surface area contributed by atoms with Gasteiger partial charge in [0.05, 0.1) is 12.7 Å². The highest BCUT2D eigenvalue weighted by atomic mass is 19.1. The molecule has 0 fully saturated rings. The van der Waals surface area contributed by atoms with Crippen molar-refractivity contribution in [3.05, 3.63) is 69.4 Å². The van der Waals surface area contributed by atoms with Crippen molar-refractivity contribution in [2.24, 2.45) is 0 Å². The summed E-state index contributed by atoms with van der Waals surface area (Å²) in [6.45, 7) is 1.88. The molecular formula is C15H13FN2O3. The van der Waals surface area contributed by atoms with E-state index in [1.807, 2.05) is 0 Å². The summed E-state index contributed by atoms with van der Waals surface area (Å²) in [7, 11) is 0. The lowest BCUT2D eigenvalue weighted by Gasteiger charge is -2.06. The molecular weight excluding hydrogens is 275 g/mol. The molecule has 0 atom stereocenters. The van der Waals surface area contributed by atoms with Crippen LogP contribution in [-0.2, 0) is 11.3 Å². The monoisotopic (exact) mass is 288 g/mol. The number of rotatable bonds is 4. The number of hydrogen-bond donors (Lipinski definition) is 1. The lowest BCUT2D eigenvalue weighted by molar-refractivity contribution is -0.131. The van der Waals surface area contributed by atoms with Crippen molar-refractivity contribution in [3.63, 3.8) is 0 Å². The van der Waals surface area contributed by atoms with E-state index < -0.39 is 11.8 Å². The SMILES string of the molecule is Cc1cnn(Cc2cc(F)cc(/C=C/C(=O)O)c2)c(=O)c1. The molecule has 0 amide bonds. The van der Waals surface area contributed by atoms with Gasteiger partial charge in [0.25, 0.3) is 5.56 Å². The molecule has 0 saturated carbocycles. The van der Waals surface area contributed by atoms with Gasteiger partial charge in [0.1, 0.15) is 5.82 Å². The number of carboxylic acids is 1. The van der Waals surface area contributed by atoms with Gasteiger partial charge >= 0.3 is 5.97 Å². The molecule has 0 bridgehead atoms. The summed E-state index contributed by atoms with van der Waals surface area (Å²) in [5.74, 6) is -1.62. The van der Waals surface area contributed by atoms with Crippen LogP contribution in [0.2, 0.25) is 0 Å². The average molecular weight is 288 g/mol. The molecule has 108 valence electrons. The summed E-state index contributed by atoms with van der Waals surface area (Å²) in [5.41, 5.74) is 1.41. The van der Waals surface area contributed by atoms with Crippen molar-refractivity contribution < 1.29 is 14.3 Å². The summed E-state index contributed by atoms with van der Waals surface area (Å²) < 4.78 is 14.7. The van der Waals surface area contributed by atoms with Crippen LogP contribution in [0.4, 0.5) is 4.39 Å². The molecule has 1 aromatic carbocycles. The first-order chi connectivity index (χ1) is 9.94. The Hall–Kier alpha value is -2.76. The number of carboxylic acid groups (broad SMARTS) is 1. The van der Waals surface area contributed by atoms with Gasteiger partial charge < -0.3 is 5.11 Å². The average Bonchev–Trinajstić information content (AvgIpc) is 2.39. The molecule has 0 saturated heterocycles. The molecule has 2 rings (SSSR count). The van der Waals surface area contributed by atoms with Crippen molar-refractivity contribution in [1.29, 1.82) is 0 Å². The Morgan fingerprint density at radius 1 is 1.38 bits per heavy atom. The standard InChI is InChI=1S/C15H13FN2O3/c1-10-4-14(19)18(17-8-10)9-12-5-11(2-3-15(20)21)6-13(16)7-12/h2-8H,9H2,1H3,(H,20,21)/b3-2+. The maximum Gasteiger partial charge on any atom is 0.328 e.